The van der Waals surface area contributed by atoms with Crippen molar-refractivity contribution in [3.8, 4) is 0 Å². The van der Waals surface area contributed by atoms with Crippen LogP contribution < -0.4 is 0 Å². The molecule has 0 amide bonds. The van der Waals surface area contributed by atoms with E-state index >= 15 is 0 Å². The highest BCUT2D eigenvalue weighted by Gasteiger charge is 2.04. The second-order valence-electron chi connectivity index (χ2n) is 4.01. The number of aliphatic carboxylic acids is 2. The summed E-state index contributed by atoms with van der Waals surface area (Å²) in [6.45, 7) is 0.0861. The van der Waals surface area contributed by atoms with Crippen LogP contribution in [0.2, 0.25) is 0 Å². The summed E-state index contributed by atoms with van der Waals surface area (Å²) in [5.74, 6) is -3.36. The lowest BCUT2D eigenvalue weighted by molar-refractivity contribution is -0.145. The highest BCUT2D eigenvalue weighted by atomic mass is 16.5. The summed E-state index contributed by atoms with van der Waals surface area (Å²) in [4.78, 5) is 42.5. The number of carbonyl (C=O) groups excluding carboxylic acids is 2. The fourth-order valence-corrected chi connectivity index (χ4v) is 1.22. The SMILES string of the molecule is O=C(O)/C=C/C(=O)OCCCOC(=O)CCCCC(=O)O. The average molecular weight is 302 g/mol. The van der Waals surface area contributed by atoms with Gasteiger partial charge in [0.15, 0.2) is 0 Å². The average Bonchev–Trinajstić information content (AvgIpc) is 2.40. The van der Waals surface area contributed by atoms with E-state index in [1.54, 1.807) is 0 Å². The first-order chi connectivity index (χ1) is 9.91. The number of carboxylic acid groups (broad SMARTS) is 2. The normalized spacial score (nSPS) is 10.3. The predicted molar refractivity (Wildman–Crippen MR) is 69.4 cm³/mol. The van der Waals surface area contributed by atoms with E-state index in [4.69, 9.17) is 14.9 Å². The first-order valence-corrected chi connectivity index (χ1v) is 6.37. The minimum absolute atomic E-state index is 0.00901. The van der Waals surface area contributed by atoms with Crippen molar-refractivity contribution in [2.24, 2.45) is 0 Å². The summed E-state index contributed by atoms with van der Waals surface area (Å²) >= 11 is 0. The number of hydrogen-bond donors (Lipinski definition) is 2. The van der Waals surface area contributed by atoms with E-state index in [1.165, 1.54) is 0 Å². The fourth-order valence-electron chi connectivity index (χ4n) is 1.22. The maximum absolute atomic E-state index is 11.2. The number of carboxylic acids is 2. The van der Waals surface area contributed by atoms with Crippen molar-refractivity contribution in [1.82, 2.24) is 0 Å². The van der Waals surface area contributed by atoms with Crippen molar-refractivity contribution in [1.29, 1.82) is 0 Å². The molecule has 0 radical (unpaired) electrons. The molecular weight excluding hydrogens is 284 g/mol. The molecule has 0 spiro atoms. The molecule has 0 saturated heterocycles. The molecule has 0 bridgehead atoms. The molecule has 8 nitrogen and oxygen atoms in total. The zero-order valence-corrected chi connectivity index (χ0v) is 11.4. The Kier molecular flexibility index (Phi) is 10.1. The minimum atomic E-state index is -1.25. The third-order valence-corrected chi connectivity index (χ3v) is 2.18. The first kappa shape index (κ1) is 18.6. The van der Waals surface area contributed by atoms with Gasteiger partial charge in [-0.3, -0.25) is 9.59 Å². The van der Waals surface area contributed by atoms with Gasteiger partial charge >= 0.3 is 23.9 Å². The van der Waals surface area contributed by atoms with E-state index < -0.39 is 23.9 Å². The number of ether oxygens (including phenoxy) is 2. The lowest BCUT2D eigenvalue weighted by Crippen LogP contribution is -2.10. The van der Waals surface area contributed by atoms with Gasteiger partial charge in [0.25, 0.3) is 0 Å². The minimum Gasteiger partial charge on any atom is -0.481 e. The first-order valence-electron chi connectivity index (χ1n) is 6.37. The Hall–Kier alpha value is -2.38. The van der Waals surface area contributed by atoms with Gasteiger partial charge in [0.2, 0.25) is 0 Å². The third-order valence-electron chi connectivity index (χ3n) is 2.18. The predicted octanol–water partition coefficient (Wildman–Crippen LogP) is 0.749. The van der Waals surface area contributed by atoms with Gasteiger partial charge < -0.3 is 19.7 Å². The van der Waals surface area contributed by atoms with Gasteiger partial charge in [0.05, 0.1) is 13.2 Å². The molecule has 0 aromatic carbocycles. The second kappa shape index (κ2) is 11.4. The van der Waals surface area contributed by atoms with Gasteiger partial charge in [0.1, 0.15) is 0 Å². The van der Waals surface area contributed by atoms with Crippen molar-refractivity contribution >= 4 is 23.9 Å². The molecule has 0 heterocycles. The van der Waals surface area contributed by atoms with Gasteiger partial charge in [-0.25, -0.2) is 9.59 Å². The summed E-state index contributed by atoms with van der Waals surface area (Å²) in [6, 6.07) is 0. The van der Waals surface area contributed by atoms with Crippen molar-refractivity contribution in [2.75, 3.05) is 13.2 Å². The van der Waals surface area contributed by atoms with E-state index in [0.717, 1.165) is 6.08 Å². The Bertz CT molecular complexity index is 399. The number of unbranched alkanes of at least 4 members (excludes halogenated alkanes) is 1. The number of carbonyl (C=O) groups is 4. The Morgan fingerprint density at radius 2 is 1.43 bits per heavy atom. The van der Waals surface area contributed by atoms with Crippen LogP contribution in [-0.2, 0) is 28.7 Å². The topological polar surface area (TPSA) is 127 Å². The smallest absolute Gasteiger partial charge is 0.331 e. The van der Waals surface area contributed by atoms with Crippen molar-refractivity contribution in [3.05, 3.63) is 12.2 Å². The van der Waals surface area contributed by atoms with E-state index in [2.05, 4.69) is 4.74 Å². The monoisotopic (exact) mass is 302 g/mol. The Balaban J connectivity index is 3.49. The molecule has 0 unspecified atom stereocenters. The van der Waals surface area contributed by atoms with Gasteiger partial charge in [-0.05, 0) is 12.8 Å². The lowest BCUT2D eigenvalue weighted by Gasteiger charge is -2.04. The highest BCUT2D eigenvalue weighted by Crippen LogP contribution is 2.01. The summed E-state index contributed by atoms with van der Waals surface area (Å²) in [5, 5.41) is 16.7. The van der Waals surface area contributed by atoms with Crippen LogP contribution in [0.1, 0.15) is 32.1 Å². The molecule has 118 valence electrons. The molecule has 2 N–H and O–H groups in total. The molecule has 0 fully saturated rings. The summed E-state index contributed by atoms with van der Waals surface area (Å²) in [5.41, 5.74) is 0. The third kappa shape index (κ3) is 13.8. The van der Waals surface area contributed by atoms with Crippen LogP contribution >= 0.6 is 0 Å². The van der Waals surface area contributed by atoms with Crippen molar-refractivity contribution < 1.29 is 38.9 Å². The molecule has 0 aliphatic carbocycles. The van der Waals surface area contributed by atoms with Gasteiger partial charge in [-0.2, -0.15) is 0 Å². The Morgan fingerprint density at radius 3 is 2.05 bits per heavy atom. The van der Waals surface area contributed by atoms with E-state index in [1.807, 2.05) is 0 Å². The van der Waals surface area contributed by atoms with E-state index in [9.17, 15) is 19.2 Å². The van der Waals surface area contributed by atoms with Crippen molar-refractivity contribution in [2.45, 2.75) is 32.1 Å². The largest absolute Gasteiger partial charge is 0.481 e. The molecular formula is C13H18O8. The fraction of sp³-hybridized carbons (Fsp3) is 0.538. The highest BCUT2D eigenvalue weighted by molar-refractivity contribution is 5.90. The number of esters is 2. The molecule has 0 aliphatic heterocycles. The van der Waals surface area contributed by atoms with Crippen LogP contribution in [0.4, 0.5) is 0 Å². The summed E-state index contributed by atoms with van der Waals surface area (Å²) < 4.78 is 9.49. The van der Waals surface area contributed by atoms with Gasteiger partial charge in [0, 0.05) is 31.4 Å². The van der Waals surface area contributed by atoms with E-state index in [-0.39, 0.29) is 26.1 Å². The summed E-state index contributed by atoms with van der Waals surface area (Å²) in [6.07, 6.45) is 2.78. The molecule has 0 aliphatic rings. The van der Waals surface area contributed by atoms with Gasteiger partial charge in [-0.1, -0.05) is 0 Å². The molecule has 0 aromatic rings. The molecule has 0 aromatic heterocycles. The number of rotatable bonds is 11. The molecule has 0 saturated carbocycles. The maximum Gasteiger partial charge on any atom is 0.331 e. The van der Waals surface area contributed by atoms with Crippen LogP contribution in [0.15, 0.2) is 12.2 Å². The molecule has 0 rings (SSSR count). The quantitative estimate of drug-likeness (QED) is 0.325. The number of hydrogen-bond acceptors (Lipinski definition) is 6. The zero-order chi connectivity index (χ0) is 16.1. The Labute approximate surface area is 121 Å². The standard InChI is InChI=1S/C13H18O8/c14-10(15)4-1-2-5-12(18)20-8-3-9-21-13(19)7-6-11(16)17/h6-7H,1-5,8-9H2,(H,14,15)(H,16,17)/b7-6+. The molecule has 8 heteroatoms. The van der Waals surface area contributed by atoms with Crippen LogP contribution in [0, 0.1) is 0 Å². The lowest BCUT2D eigenvalue weighted by atomic mass is 10.2. The van der Waals surface area contributed by atoms with Crippen LogP contribution in [0.3, 0.4) is 0 Å². The van der Waals surface area contributed by atoms with Crippen LogP contribution in [0.25, 0.3) is 0 Å². The maximum atomic E-state index is 11.2. The summed E-state index contributed by atoms with van der Waals surface area (Å²) in [7, 11) is 0. The molecule has 21 heavy (non-hydrogen) atoms. The van der Waals surface area contributed by atoms with Crippen LogP contribution in [-0.4, -0.2) is 47.3 Å². The second-order valence-corrected chi connectivity index (χ2v) is 4.01. The zero-order valence-electron chi connectivity index (χ0n) is 11.4. The van der Waals surface area contributed by atoms with Crippen LogP contribution in [0.5, 0.6) is 0 Å². The Morgan fingerprint density at radius 1 is 0.810 bits per heavy atom. The van der Waals surface area contributed by atoms with E-state index in [0.29, 0.717) is 25.3 Å². The van der Waals surface area contributed by atoms with Gasteiger partial charge in [-0.15, -0.1) is 0 Å². The van der Waals surface area contributed by atoms with Crippen molar-refractivity contribution in [3.63, 3.8) is 0 Å². The molecule has 0 atom stereocenters.